The molecule has 1 aromatic heterocycles. The average Bonchev–Trinajstić information content (AvgIpc) is 2.16. The van der Waals surface area contributed by atoms with Gasteiger partial charge in [0.25, 0.3) is 0 Å². The lowest BCUT2D eigenvalue weighted by Gasteiger charge is -2.11. The minimum absolute atomic E-state index is 0.160. The minimum Gasteiger partial charge on any atom is -0.490 e. The Morgan fingerprint density at radius 1 is 1.27 bits per heavy atom. The first kappa shape index (κ1) is 9.77. The number of hydrogen-bond donors (Lipinski definition) is 1. The van der Waals surface area contributed by atoms with Gasteiger partial charge in [-0.2, -0.15) is 0 Å². The van der Waals surface area contributed by atoms with E-state index in [0.29, 0.717) is 0 Å². The van der Waals surface area contributed by atoms with E-state index in [9.17, 15) is 0 Å². The third kappa shape index (κ3) is 2.01. The molecule has 2 N–H and O–H groups in total. The number of rotatable bonds is 2. The number of nitrogen functional groups attached to an aromatic ring is 1. The third-order valence-electron chi connectivity index (χ3n) is 2.09. The topological polar surface area (TPSA) is 48.1 Å². The van der Waals surface area contributed by atoms with Crippen molar-refractivity contribution in [3.63, 3.8) is 0 Å². The van der Waals surface area contributed by atoms with Crippen LogP contribution in [-0.2, 0) is 0 Å². The number of pyridine rings is 1. The van der Waals surface area contributed by atoms with Crippen molar-refractivity contribution < 1.29 is 4.74 Å². The van der Waals surface area contributed by atoms with Gasteiger partial charge in [0, 0.05) is 17.3 Å². The highest BCUT2D eigenvalue weighted by molar-refractivity contribution is 5.87. The standard InChI is InChI=1S/C12H14N2O/c1-8(2)15-12-5-6-14-11-7-9(13)3-4-10(11)12/h3-8H,13H2,1-2H3. The molecule has 0 aliphatic rings. The summed E-state index contributed by atoms with van der Waals surface area (Å²) in [6, 6.07) is 7.52. The first-order valence-electron chi connectivity index (χ1n) is 4.98. The Morgan fingerprint density at radius 2 is 2.07 bits per heavy atom. The summed E-state index contributed by atoms with van der Waals surface area (Å²) in [6.07, 6.45) is 1.90. The Labute approximate surface area is 88.9 Å². The largest absolute Gasteiger partial charge is 0.490 e. The van der Waals surface area contributed by atoms with Gasteiger partial charge in [-0.15, -0.1) is 0 Å². The monoisotopic (exact) mass is 202 g/mol. The van der Waals surface area contributed by atoms with Crippen molar-refractivity contribution in [1.29, 1.82) is 0 Å². The number of anilines is 1. The van der Waals surface area contributed by atoms with Gasteiger partial charge >= 0.3 is 0 Å². The summed E-state index contributed by atoms with van der Waals surface area (Å²) >= 11 is 0. The molecule has 0 radical (unpaired) electrons. The maximum atomic E-state index is 5.69. The molecule has 0 aliphatic carbocycles. The molecule has 0 unspecified atom stereocenters. The molecular formula is C12H14N2O. The van der Waals surface area contributed by atoms with Crippen LogP contribution in [0.15, 0.2) is 30.5 Å². The summed E-state index contributed by atoms with van der Waals surface area (Å²) < 4.78 is 5.69. The quantitative estimate of drug-likeness (QED) is 0.761. The van der Waals surface area contributed by atoms with Crippen LogP contribution in [0.4, 0.5) is 5.69 Å². The van der Waals surface area contributed by atoms with Gasteiger partial charge < -0.3 is 10.5 Å². The van der Waals surface area contributed by atoms with E-state index in [-0.39, 0.29) is 6.10 Å². The molecule has 1 heterocycles. The van der Waals surface area contributed by atoms with Crippen LogP contribution in [0.1, 0.15) is 13.8 Å². The fraction of sp³-hybridized carbons (Fsp3) is 0.250. The number of benzene rings is 1. The summed E-state index contributed by atoms with van der Waals surface area (Å²) in [6.45, 7) is 4.01. The molecule has 0 aliphatic heterocycles. The molecule has 0 saturated carbocycles. The fourth-order valence-corrected chi connectivity index (χ4v) is 1.50. The molecule has 0 bridgehead atoms. The van der Waals surface area contributed by atoms with E-state index in [0.717, 1.165) is 22.3 Å². The molecule has 0 saturated heterocycles. The number of nitrogens with zero attached hydrogens (tertiary/aromatic N) is 1. The van der Waals surface area contributed by atoms with E-state index in [1.807, 2.05) is 38.1 Å². The van der Waals surface area contributed by atoms with Crippen molar-refractivity contribution in [2.75, 3.05) is 5.73 Å². The summed E-state index contributed by atoms with van der Waals surface area (Å²) in [5.74, 6) is 0.856. The average molecular weight is 202 g/mol. The van der Waals surface area contributed by atoms with Crippen LogP contribution in [0.5, 0.6) is 5.75 Å². The lowest BCUT2D eigenvalue weighted by Crippen LogP contribution is -2.06. The maximum Gasteiger partial charge on any atom is 0.130 e. The molecule has 0 spiro atoms. The van der Waals surface area contributed by atoms with Gasteiger partial charge in [0.15, 0.2) is 0 Å². The van der Waals surface area contributed by atoms with Crippen LogP contribution in [0.2, 0.25) is 0 Å². The lowest BCUT2D eigenvalue weighted by molar-refractivity contribution is 0.245. The van der Waals surface area contributed by atoms with E-state index in [4.69, 9.17) is 10.5 Å². The first-order chi connectivity index (χ1) is 7.16. The number of hydrogen-bond acceptors (Lipinski definition) is 3. The van der Waals surface area contributed by atoms with E-state index in [2.05, 4.69) is 4.98 Å². The van der Waals surface area contributed by atoms with E-state index in [1.54, 1.807) is 6.20 Å². The molecule has 15 heavy (non-hydrogen) atoms. The number of ether oxygens (including phenoxy) is 1. The van der Waals surface area contributed by atoms with Gasteiger partial charge in [-0.1, -0.05) is 0 Å². The number of aromatic nitrogens is 1. The summed E-state index contributed by atoms with van der Waals surface area (Å²) in [5.41, 5.74) is 7.28. The Bertz CT molecular complexity index is 480. The Hall–Kier alpha value is -1.77. The molecule has 0 amide bonds. The van der Waals surface area contributed by atoms with Crippen LogP contribution >= 0.6 is 0 Å². The molecular weight excluding hydrogens is 188 g/mol. The third-order valence-corrected chi connectivity index (χ3v) is 2.09. The second kappa shape index (κ2) is 3.77. The second-order valence-corrected chi connectivity index (χ2v) is 3.75. The molecule has 2 rings (SSSR count). The number of fused-ring (bicyclic) bond motifs is 1. The molecule has 2 aromatic rings. The summed E-state index contributed by atoms with van der Waals surface area (Å²) in [4.78, 5) is 4.25. The van der Waals surface area contributed by atoms with Gasteiger partial charge in [-0.05, 0) is 38.1 Å². The van der Waals surface area contributed by atoms with Crippen molar-refractivity contribution in [2.24, 2.45) is 0 Å². The minimum atomic E-state index is 0.160. The highest BCUT2D eigenvalue weighted by Gasteiger charge is 2.04. The SMILES string of the molecule is CC(C)Oc1ccnc2cc(N)ccc12. The Morgan fingerprint density at radius 3 is 2.80 bits per heavy atom. The zero-order valence-electron chi connectivity index (χ0n) is 8.90. The van der Waals surface area contributed by atoms with Crippen LogP contribution in [0.25, 0.3) is 10.9 Å². The van der Waals surface area contributed by atoms with Gasteiger partial charge in [0.05, 0.1) is 11.6 Å². The van der Waals surface area contributed by atoms with E-state index >= 15 is 0 Å². The van der Waals surface area contributed by atoms with Crippen LogP contribution in [0, 0.1) is 0 Å². The predicted octanol–water partition coefficient (Wildman–Crippen LogP) is 2.60. The number of nitrogens with two attached hydrogens (primary N) is 1. The molecule has 1 aromatic carbocycles. The normalized spacial score (nSPS) is 10.9. The molecule has 3 heteroatoms. The fourth-order valence-electron chi connectivity index (χ4n) is 1.50. The Kier molecular flexibility index (Phi) is 2.46. The highest BCUT2D eigenvalue weighted by Crippen LogP contribution is 2.25. The Balaban J connectivity index is 2.56. The summed E-state index contributed by atoms with van der Waals surface area (Å²) in [5, 5.41) is 1.00. The molecule has 0 fully saturated rings. The van der Waals surface area contributed by atoms with Crippen molar-refractivity contribution in [3.05, 3.63) is 30.5 Å². The first-order valence-corrected chi connectivity index (χ1v) is 4.98. The zero-order chi connectivity index (χ0) is 10.8. The van der Waals surface area contributed by atoms with Crippen molar-refractivity contribution in [2.45, 2.75) is 20.0 Å². The zero-order valence-corrected chi connectivity index (χ0v) is 8.90. The van der Waals surface area contributed by atoms with Crippen molar-refractivity contribution in [3.8, 4) is 5.75 Å². The molecule has 3 nitrogen and oxygen atoms in total. The smallest absolute Gasteiger partial charge is 0.130 e. The van der Waals surface area contributed by atoms with Crippen LogP contribution in [-0.4, -0.2) is 11.1 Å². The van der Waals surface area contributed by atoms with Gasteiger partial charge in [-0.3, -0.25) is 4.98 Å². The maximum absolute atomic E-state index is 5.69. The molecule has 0 atom stereocenters. The van der Waals surface area contributed by atoms with Gasteiger partial charge in [0.1, 0.15) is 5.75 Å². The molecule has 78 valence electrons. The van der Waals surface area contributed by atoms with Gasteiger partial charge in [0.2, 0.25) is 0 Å². The van der Waals surface area contributed by atoms with E-state index in [1.165, 1.54) is 0 Å². The van der Waals surface area contributed by atoms with Crippen molar-refractivity contribution >= 4 is 16.6 Å². The van der Waals surface area contributed by atoms with E-state index < -0.39 is 0 Å². The second-order valence-electron chi connectivity index (χ2n) is 3.75. The lowest BCUT2D eigenvalue weighted by atomic mass is 10.2. The predicted molar refractivity (Wildman–Crippen MR) is 61.9 cm³/mol. The summed E-state index contributed by atoms with van der Waals surface area (Å²) in [7, 11) is 0. The van der Waals surface area contributed by atoms with Crippen LogP contribution < -0.4 is 10.5 Å². The highest BCUT2D eigenvalue weighted by atomic mass is 16.5. The van der Waals surface area contributed by atoms with Crippen molar-refractivity contribution in [1.82, 2.24) is 4.98 Å². The van der Waals surface area contributed by atoms with Crippen LogP contribution in [0.3, 0.4) is 0 Å². The van der Waals surface area contributed by atoms with Gasteiger partial charge in [-0.25, -0.2) is 0 Å².